The number of fused-ring (bicyclic) bond motifs is 2. The largest absolute Gasteiger partial charge is 0.490 e. The fourth-order valence-electron chi connectivity index (χ4n) is 6.20. The molecule has 2 aliphatic heterocycles. The Hall–Kier alpha value is -4.45. The van der Waals surface area contributed by atoms with Crippen LogP contribution >= 0.6 is 11.3 Å². The van der Waals surface area contributed by atoms with Crippen LogP contribution in [0, 0.1) is 11.6 Å². The predicted molar refractivity (Wildman–Crippen MR) is 174 cm³/mol. The number of ether oxygens (including phenoxy) is 2. The Bertz CT molecular complexity index is 2000. The van der Waals surface area contributed by atoms with Crippen LogP contribution in [0.5, 0.6) is 5.75 Å². The maximum atomic E-state index is 16.0. The van der Waals surface area contributed by atoms with Crippen molar-refractivity contribution in [2.45, 2.75) is 51.5 Å². The third kappa shape index (κ3) is 5.08. The average Bonchev–Trinajstić information content (AvgIpc) is 3.66. The lowest BCUT2D eigenvalue weighted by Gasteiger charge is -2.38. The lowest BCUT2D eigenvalue weighted by Crippen LogP contribution is -2.54. The van der Waals surface area contributed by atoms with Crippen molar-refractivity contribution >= 4 is 27.3 Å². The van der Waals surface area contributed by atoms with Gasteiger partial charge in [-0.1, -0.05) is 30.8 Å². The molecule has 7 rings (SSSR count). The molecule has 1 unspecified atom stereocenters. The summed E-state index contributed by atoms with van der Waals surface area (Å²) < 4.78 is 44.6. The number of halogens is 2. The monoisotopic (exact) mass is 641 g/mol. The fraction of sp³-hybridized carbons (Fsp3) is 0.286. The minimum Gasteiger partial charge on any atom is -0.490 e. The molecule has 0 spiro atoms. The summed E-state index contributed by atoms with van der Waals surface area (Å²) in [4.78, 5) is 19.5. The van der Waals surface area contributed by atoms with Gasteiger partial charge in [0.1, 0.15) is 28.8 Å². The van der Waals surface area contributed by atoms with Crippen LogP contribution in [0.1, 0.15) is 32.0 Å². The minimum absolute atomic E-state index is 0.0821. The van der Waals surface area contributed by atoms with Gasteiger partial charge in [-0.25, -0.2) is 13.8 Å². The summed E-state index contributed by atoms with van der Waals surface area (Å²) in [5, 5.41) is 7.68. The first kappa shape index (κ1) is 30.2. The smallest absolute Gasteiger partial charge is 0.246 e. The van der Waals surface area contributed by atoms with E-state index in [2.05, 4.69) is 6.58 Å². The van der Waals surface area contributed by atoms with Gasteiger partial charge in [-0.3, -0.25) is 9.48 Å². The van der Waals surface area contributed by atoms with Gasteiger partial charge in [0.05, 0.1) is 54.9 Å². The van der Waals surface area contributed by atoms with Gasteiger partial charge in [0.15, 0.2) is 0 Å². The third-order valence-corrected chi connectivity index (χ3v) is 9.49. The zero-order chi connectivity index (χ0) is 32.3. The van der Waals surface area contributed by atoms with Crippen molar-refractivity contribution in [2.75, 3.05) is 13.2 Å². The average molecular weight is 642 g/mol. The molecule has 8 nitrogen and oxygen atoms in total. The van der Waals surface area contributed by atoms with Crippen LogP contribution in [-0.4, -0.2) is 50.9 Å². The quantitative estimate of drug-likeness (QED) is 0.200. The lowest BCUT2D eigenvalue weighted by molar-refractivity contribution is -0.129. The van der Waals surface area contributed by atoms with Crippen molar-refractivity contribution in [3.63, 3.8) is 0 Å². The molecule has 1 saturated heterocycles. The van der Waals surface area contributed by atoms with Crippen LogP contribution in [-0.2, 0) is 28.2 Å². The summed E-state index contributed by atoms with van der Waals surface area (Å²) in [5.74, 6) is -1.58. The van der Waals surface area contributed by atoms with Crippen LogP contribution in [0.15, 0.2) is 66.6 Å². The Balaban J connectivity index is 1.47. The highest BCUT2D eigenvalue weighted by Crippen LogP contribution is 2.47. The molecule has 0 radical (unpaired) electrons. The van der Waals surface area contributed by atoms with Gasteiger partial charge in [-0.15, -0.1) is 11.3 Å². The number of benzene rings is 2. The second-order valence-electron chi connectivity index (χ2n) is 12.2. The van der Waals surface area contributed by atoms with E-state index in [9.17, 15) is 9.18 Å². The normalized spacial score (nSPS) is 17.2. The number of hydrogen-bond acceptors (Lipinski definition) is 7. The maximum absolute atomic E-state index is 16.0. The Morgan fingerprint density at radius 1 is 1.15 bits per heavy atom. The molecule has 0 bridgehead atoms. The van der Waals surface area contributed by atoms with Crippen molar-refractivity contribution in [3.05, 3.63) is 89.5 Å². The van der Waals surface area contributed by atoms with Gasteiger partial charge < -0.3 is 20.1 Å². The van der Waals surface area contributed by atoms with Crippen LogP contribution in [0.3, 0.4) is 0 Å². The summed E-state index contributed by atoms with van der Waals surface area (Å²) in [6, 6.07) is 13.7. The molecule has 46 heavy (non-hydrogen) atoms. The predicted octanol–water partition coefficient (Wildman–Crippen LogP) is 6.66. The van der Waals surface area contributed by atoms with Crippen LogP contribution < -0.4 is 10.5 Å². The molecule has 3 aromatic heterocycles. The molecule has 11 heteroatoms. The van der Waals surface area contributed by atoms with Crippen molar-refractivity contribution in [1.29, 1.82) is 0 Å². The molecular formula is C35H33F2N5O3S. The number of rotatable bonds is 7. The van der Waals surface area contributed by atoms with Crippen molar-refractivity contribution in [3.8, 4) is 39.5 Å². The first-order valence-electron chi connectivity index (χ1n) is 15.1. The van der Waals surface area contributed by atoms with Crippen LogP contribution in [0.4, 0.5) is 8.78 Å². The second-order valence-corrected chi connectivity index (χ2v) is 13.1. The number of aromatic nitrogens is 3. The van der Waals surface area contributed by atoms with Gasteiger partial charge in [0, 0.05) is 39.4 Å². The van der Waals surface area contributed by atoms with E-state index in [0.29, 0.717) is 48.9 Å². The van der Waals surface area contributed by atoms with Crippen molar-refractivity contribution < 1.29 is 23.0 Å². The molecule has 1 atom stereocenters. The standard InChI is InChI=1S/C35H33F2N5O3S/c1-5-29(43)41-16-24-14-27(40-42(24)15-20(41)4)33-31(30-26(37)12-23(36)13-28(30)45-19(2)3)34-25(10-11-46-34)32(39-33)21-6-8-22(9-7-21)35(38)17-44-18-35/h5-14,19-20H,1,15-18,38H2,2-4H3. The number of hydrogen-bond donors (Lipinski definition) is 1. The topological polar surface area (TPSA) is 95.5 Å². The van der Waals surface area contributed by atoms with Gasteiger partial charge in [0.25, 0.3) is 0 Å². The molecule has 236 valence electrons. The molecule has 1 fully saturated rings. The molecule has 1 amide bonds. The lowest BCUT2D eigenvalue weighted by atomic mass is 9.88. The first-order chi connectivity index (χ1) is 22.1. The number of carbonyl (C=O) groups excluding carboxylic acids is 1. The fourth-order valence-corrected chi connectivity index (χ4v) is 7.15. The molecule has 0 saturated carbocycles. The molecule has 5 aromatic rings. The van der Waals surface area contributed by atoms with E-state index in [1.165, 1.54) is 23.5 Å². The molecule has 2 N–H and O–H groups in total. The number of thiophene rings is 1. The Morgan fingerprint density at radius 2 is 1.91 bits per heavy atom. The SMILES string of the molecule is C=CC(=O)N1Cc2cc(-c3nc(-c4ccc(C5(N)COC5)cc4)c4ccsc4c3-c3c(F)cc(F)cc3OC(C)C)nn2CC1C. The van der Waals surface area contributed by atoms with E-state index in [1.807, 2.05) is 53.4 Å². The zero-order valence-electron chi connectivity index (χ0n) is 25.7. The van der Waals surface area contributed by atoms with Crippen LogP contribution in [0.25, 0.3) is 43.9 Å². The van der Waals surface area contributed by atoms with Gasteiger partial charge in [-0.2, -0.15) is 5.10 Å². The number of nitrogens with two attached hydrogens (primary N) is 1. The number of amides is 1. The highest BCUT2D eigenvalue weighted by molar-refractivity contribution is 7.18. The first-order valence-corrected chi connectivity index (χ1v) is 16.0. The van der Waals surface area contributed by atoms with Gasteiger partial charge in [0.2, 0.25) is 5.91 Å². The Labute approximate surface area is 269 Å². The Morgan fingerprint density at radius 3 is 2.59 bits per heavy atom. The van der Waals surface area contributed by atoms with Gasteiger partial charge >= 0.3 is 0 Å². The van der Waals surface area contributed by atoms with Crippen LogP contribution in [0.2, 0.25) is 0 Å². The van der Waals surface area contributed by atoms with Crippen molar-refractivity contribution in [2.24, 2.45) is 5.73 Å². The molecule has 0 aliphatic carbocycles. The molecular weight excluding hydrogens is 608 g/mol. The van der Waals surface area contributed by atoms with E-state index in [0.717, 1.165) is 33.0 Å². The summed E-state index contributed by atoms with van der Waals surface area (Å²) in [7, 11) is 0. The van der Waals surface area contributed by atoms with E-state index < -0.39 is 17.2 Å². The third-order valence-electron chi connectivity index (χ3n) is 8.56. The highest BCUT2D eigenvalue weighted by atomic mass is 32.1. The number of pyridine rings is 1. The van der Waals surface area contributed by atoms with E-state index >= 15 is 4.39 Å². The highest BCUT2D eigenvalue weighted by Gasteiger charge is 2.36. The van der Waals surface area contributed by atoms with Gasteiger partial charge in [-0.05, 0) is 49.9 Å². The van der Waals surface area contributed by atoms with E-state index in [4.69, 9.17) is 25.3 Å². The van der Waals surface area contributed by atoms with Crippen molar-refractivity contribution in [1.82, 2.24) is 19.7 Å². The van der Waals surface area contributed by atoms with E-state index in [1.54, 1.807) is 18.7 Å². The summed E-state index contributed by atoms with van der Waals surface area (Å²) in [5.41, 5.74) is 10.8. The second kappa shape index (κ2) is 11.4. The molecule has 2 aliphatic rings. The summed E-state index contributed by atoms with van der Waals surface area (Å²) in [6.45, 7) is 10.9. The molecule has 5 heterocycles. The molecule has 2 aromatic carbocycles. The van der Waals surface area contributed by atoms with E-state index in [-0.39, 0.29) is 29.4 Å². The summed E-state index contributed by atoms with van der Waals surface area (Å²) >= 11 is 1.44. The maximum Gasteiger partial charge on any atom is 0.246 e. The number of carbonyl (C=O) groups is 1. The minimum atomic E-state index is -0.762. The number of nitrogens with zero attached hydrogens (tertiary/aromatic N) is 4. The summed E-state index contributed by atoms with van der Waals surface area (Å²) in [6.07, 6.45) is 0.971. The Kier molecular flexibility index (Phi) is 7.50. The zero-order valence-corrected chi connectivity index (χ0v) is 26.5.